The molecule has 1 N–H and O–H groups in total. The number of anilines is 1. The summed E-state index contributed by atoms with van der Waals surface area (Å²) in [7, 11) is 0. The SMILES string of the molecule is O=c1c(=NNc2ccccc2)c(=O)n(C2CCCCC2)c2ccccc2n1CC12CC3CC(CC(C3)C1)C2. The summed E-state index contributed by atoms with van der Waals surface area (Å²) < 4.78 is 3.85. The summed E-state index contributed by atoms with van der Waals surface area (Å²) in [5, 5.41) is 4.53. The van der Waals surface area contributed by atoms with Crippen LogP contribution in [-0.4, -0.2) is 9.13 Å². The molecule has 4 bridgehead atoms. The molecular weight excluding hydrogens is 472 g/mol. The van der Waals surface area contributed by atoms with Gasteiger partial charge in [0.15, 0.2) is 0 Å². The Morgan fingerprint density at radius 2 is 1.37 bits per heavy atom. The first-order valence-corrected chi connectivity index (χ1v) is 14.7. The summed E-state index contributed by atoms with van der Waals surface area (Å²) >= 11 is 0. The number of aromatic nitrogens is 2. The smallest absolute Gasteiger partial charge is 0.284 e. The van der Waals surface area contributed by atoms with Crippen LogP contribution in [0.1, 0.15) is 76.7 Å². The molecule has 0 spiro atoms. The predicted molar refractivity (Wildman–Crippen MR) is 151 cm³/mol. The van der Waals surface area contributed by atoms with Crippen LogP contribution in [0, 0.1) is 23.2 Å². The largest absolute Gasteiger partial charge is 0.304 e. The van der Waals surface area contributed by atoms with E-state index < -0.39 is 0 Å². The van der Waals surface area contributed by atoms with E-state index in [9.17, 15) is 9.59 Å². The van der Waals surface area contributed by atoms with Gasteiger partial charge in [-0.3, -0.25) is 15.0 Å². The second-order valence-corrected chi connectivity index (χ2v) is 12.7. The predicted octanol–water partition coefficient (Wildman–Crippen LogP) is 5.81. The standard InChI is InChI=1S/C32H38N4O2/c37-30-29(34-33-25-9-3-1-4-10-25)31(38)36(26-11-5-2-6-12-26)28-14-8-7-13-27(28)35(30)21-32-18-22-15-23(19-32)17-24(16-22)20-32/h1,3-4,7-10,13-14,22-24,26,33H,2,5-6,11-12,15-21H2. The normalized spacial score (nSPS) is 29.2. The van der Waals surface area contributed by atoms with E-state index >= 15 is 0 Å². The molecular formula is C32H38N4O2. The Labute approximate surface area is 223 Å². The second kappa shape index (κ2) is 9.55. The van der Waals surface area contributed by atoms with Gasteiger partial charge in [0.1, 0.15) is 0 Å². The van der Waals surface area contributed by atoms with Crippen molar-refractivity contribution in [3.05, 3.63) is 80.7 Å². The second-order valence-electron chi connectivity index (χ2n) is 12.7. The van der Waals surface area contributed by atoms with Crippen molar-refractivity contribution in [1.82, 2.24) is 9.13 Å². The van der Waals surface area contributed by atoms with Crippen LogP contribution in [-0.2, 0) is 6.54 Å². The fourth-order valence-electron chi connectivity index (χ4n) is 8.85. The molecule has 198 valence electrons. The number of benzene rings is 2. The van der Waals surface area contributed by atoms with Gasteiger partial charge in [0.25, 0.3) is 11.1 Å². The molecule has 5 aliphatic carbocycles. The van der Waals surface area contributed by atoms with Crippen molar-refractivity contribution in [2.45, 2.75) is 83.2 Å². The van der Waals surface area contributed by atoms with Gasteiger partial charge in [-0.2, -0.15) is 5.10 Å². The highest BCUT2D eigenvalue weighted by Gasteiger charge is 2.51. The first-order chi connectivity index (χ1) is 18.6. The number of hydrogen-bond acceptors (Lipinski definition) is 4. The van der Waals surface area contributed by atoms with Gasteiger partial charge in [0, 0.05) is 12.6 Å². The lowest BCUT2D eigenvalue weighted by Gasteiger charge is -2.57. The van der Waals surface area contributed by atoms with Gasteiger partial charge in [0.05, 0.1) is 16.7 Å². The molecule has 0 saturated heterocycles. The lowest BCUT2D eigenvalue weighted by Crippen LogP contribution is -2.51. The van der Waals surface area contributed by atoms with Crippen LogP contribution in [0.15, 0.2) is 69.3 Å². The maximum atomic E-state index is 14.4. The van der Waals surface area contributed by atoms with E-state index in [1.54, 1.807) is 0 Å². The molecule has 5 fully saturated rings. The molecule has 1 heterocycles. The van der Waals surface area contributed by atoms with Crippen molar-refractivity contribution in [2.24, 2.45) is 28.3 Å². The van der Waals surface area contributed by atoms with Crippen molar-refractivity contribution in [2.75, 3.05) is 5.43 Å². The van der Waals surface area contributed by atoms with Gasteiger partial charge in [-0.1, -0.05) is 49.6 Å². The van der Waals surface area contributed by atoms with E-state index in [2.05, 4.69) is 10.5 Å². The fraction of sp³-hybridized carbons (Fsp3) is 0.531. The van der Waals surface area contributed by atoms with E-state index in [4.69, 9.17) is 0 Å². The summed E-state index contributed by atoms with van der Waals surface area (Å²) in [6.07, 6.45) is 13.1. The van der Waals surface area contributed by atoms with Crippen LogP contribution < -0.4 is 21.9 Å². The molecule has 2 aromatic carbocycles. The van der Waals surface area contributed by atoms with Crippen molar-refractivity contribution in [3.63, 3.8) is 0 Å². The molecule has 38 heavy (non-hydrogen) atoms. The average molecular weight is 511 g/mol. The van der Waals surface area contributed by atoms with Gasteiger partial charge in [-0.15, -0.1) is 0 Å². The zero-order valence-electron chi connectivity index (χ0n) is 22.1. The lowest BCUT2D eigenvalue weighted by atomic mass is 9.49. The van der Waals surface area contributed by atoms with Crippen LogP contribution >= 0.6 is 0 Å². The third kappa shape index (κ3) is 4.22. The molecule has 3 aromatic rings. The maximum Gasteiger partial charge on any atom is 0.284 e. The Morgan fingerprint density at radius 3 is 2.03 bits per heavy atom. The molecule has 0 unspecified atom stereocenters. The van der Waals surface area contributed by atoms with Gasteiger partial charge < -0.3 is 9.13 Å². The van der Waals surface area contributed by atoms with E-state index in [-0.39, 0.29) is 27.9 Å². The Kier molecular flexibility index (Phi) is 6.01. The number of fused-ring (bicyclic) bond motifs is 1. The minimum atomic E-state index is -0.272. The molecule has 6 heteroatoms. The molecule has 1 aromatic heterocycles. The van der Waals surface area contributed by atoms with Crippen molar-refractivity contribution in [1.29, 1.82) is 0 Å². The Hall–Kier alpha value is -3.15. The zero-order valence-corrected chi connectivity index (χ0v) is 22.1. The number of nitrogens with one attached hydrogen (secondary N) is 1. The number of rotatable bonds is 5. The quantitative estimate of drug-likeness (QED) is 0.440. The first-order valence-electron chi connectivity index (χ1n) is 14.7. The molecule has 0 amide bonds. The third-order valence-corrected chi connectivity index (χ3v) is 9.97. The van der Waals surface area contributed by atoms with Crippen molar-refractivity contribution in [3.8, 4) is 0 Å². The number of para-hydroxylation sites is 3. The summed E-state index contributed by atoms with van der Waals surface area (Å²) in [6, 6.07) is 17.8. The van der Waals surface area contributed by atoms with Crippen LogP contribution in [0.25, 0.3) is 11.0 Å². The van der Waals surface area contributed by atoms with E-state index in [1.165, 1.54) is 44.9 Å². The van der Waals surface area contributed by atoms with Crippen LogP contribution in [0.5, 0.6) is 0 Å². The van der Waals surface area contributed by atoms with Gasteiger partial charge in [-0.05, 0) is 98.8 Å². The van der Waals surface area contributed by atoms with Gasteiger partial charge >= 0.3 is 0 Å². The van der Waals surface area contributed by atoms with E-state index in [1.807, 2.05) is 63.7 Å². The van der Waals surface area contributed by atoms with Gasteiger partial charge in [-0.25, -0.2) is 0 Å². The Balaban J connectivity index is 1.45. The van der Waals surface area contributed by atoms with E-state index in [0.29, 0.717) is 6.54 Å². The van der Waals surface area contributed by atoms with Crippen LogP contribution in [0.2, 0.25) is 0 Å². The molecule has 0 radical (unpaired) electrons. The monoisotopic (exact) mass is 510 g/mol. The molecule has 0 atom stereocenters. The molecule has 6 nitrogen and oxygen atoms in total. The summed E-state index contributed by atoms with van der Waals surface area (Å²) in [5.74, 6) is 2.39. The Morgan fingerprint density at radius 1 is 0.763 bits per heavy atom. The minimum Gasteiger partial charge on any atom is -0.304 e. The molecule has 0 aliphatic heterocycles. The highest BCUT2D eigenvalue weighted by Crippen LogP contribution is 2.60. The molecule has 5 saturated carbocycles. The number of nitrogens with zero attached hydrogens (tertiary/aromatic N) is 3. The van der Waals surface area contributed by atoms with E-state index in [0.717, 1.165) is 60.2 Å². The Bertz CT molecular complexity index is 1500. The minimum absolute atomic E-state index is 0.000329. The zero-order chi connectivity index (χ0) is 25.7. The highest BCUT2D eigenvalue weighted by molar-refractivity contribution is 5.75. The average Bonchev–Trinajstić information content (AvgIpc) is 3.00. The molecule has 5 aliphatic rings. The highest BCUT2D eigenvalue weighted by atomic mass is 16.1. The summed E-state index contributed by atoms with van der Waals surface area (Å²) in [5.41, 5.74) is 5.14. The topological polar surface area (TPSA) is 68.4 Å². The number of hydrogen-bond donors (Lipinski definition) is 1. The van der Waals surface area contributed by atoms with Crippen LogP contribution in [0.3, 0.4) is 0 Å². The van der Waals surface area contributed by atoms with Crippen molar-refractivity contribution >= 4 is 16.7 Å². The lowest BCUT2D eigenvalue weighted by molar-refractivity contribution is -0.0617. The molecule has 8 rings (SSSR count). The fourth-order valence-corrected chi connectivity index (χ4v) is 8.85. The first kappa shape index (κ1) is 23.9. The summed E-state index contributed by atoms with van der Waals surface area (Å²) in [4.78, 5) is 28.7. The van der Waals surface area contributed by atoms with Gasteiger partial charge in [0.2, 0.25) is 5.36 Å². The third-order valence-electron chi connectivity index (χ3n) is 9.97. The van der Waals surface area contributed by atoms with Crippen LogP contribution in [0.4, 0.5) is 5.69 Å². The van der Waals surface area contributed by atoms with Crippen molar-refractivity contribution < 1.29 is 0 Å². The summed E-state index contributed by atoms with van der Waals surface area (Å²) in [6.45, 7) is 0.683. The maximum absolute atomic E-state index is 14.4.